The zero-order valence-electron chi connectivity index (χ0n) is 18.6. The smallest absolute Gasteiger partial charge is 0.292 e. The molecule has 168 valence electrons. The fourth-order valence-electron chi connectivity index (χ4n) is 3.68. The van der Waals surface area contributed by atoms with E-state index in [0.29, 0.717) is 6.54 Å². The molecule has 1 N–H and O–H groups in total. The normalized spacial score (nSPS) is 11.5. The molecule has 0 radical (unpaired) electrons. The Morgan fingerprint density at radius 2 is 1.62 bits per heavy atom. The molecule has 5 nitrogen and oxygen atoms in total. The lowest BCUT2D eigenvalue weighted by Crippen LogP contribution is -2.17. The fourth-order valence-corrected chi connectivity index (χ4v) is 4.75. The van der Waals surface area contributed by atoms with Crippen molar-refractivity contribution in [3.05, 3.63) is 125 Å². The molecule has 5 rings (SSSR count). The van der Waals surface area contributed by atoms with Gasteiger partial charge in [-0.3, -0.25) is 4.79 Å². The van der Waals surface area contributed by atoms with Gasteiger partial charge in [0.05, 0.1) is 24.2 Å². The molecule has 5 aromatic rings. The second-order valence-corrected chi connectivity index (χ2v) is 8.86. The molecule has 0 aliphatic heterocycles. The Morgan fingerprint density at radius 1 is 0.912 bits per heavy atom. The Bertz CT molecular complexity index is 1450. The second kappa shape index (κ2) is 9.77. The molecule has 0 bridgehead atoms. The van der Waals surface area contributed by atoms with Crippen LogP contribution in [0.1, 0.15) is 21.7 Å². The molecule has 1 amide bonds. The zero-order chi connectivity index (χ0) is 23.3. The summed E-state index contributed by atoms with van der Waals surface area (Å²) in [4.78, 5) is 18.6. The highest BCUT2D eigenvalue weighted by atomic mass is 32.1. The molecule has 0 atom stereocenters. The first kappa shape index (κ1) is 21.7. The standard InChI is InChI=1S/C28H23N3O2S/c1-20-14-16-22(17-15-20)25-27(30-26(32)24-13-8-18-33-24)34-28(29-23-11-6-3-7-12-23)31(25)19-21-9-4-2-5-10-21/h2-18H,19H2,1H3,(H,30,32). The van der Waals surface area contributed by atoms with Crippen molar-refractivity contribution >= 4 is 27.9 Å². The van der Waals surface area contributed by atoms with Gasteiger partial charge in [0.2, 0.25) is 0 Å². The SMILES string of the molecule is Cc1ccc(-c2c(NC(=O)c3ccco3)sc(=Nc3ccccc3)n2Cc2ccccc2)cc1. The molecule has 0 saturated carbocycles. The van der Waals surface area contributed by atoms with E-state index in [1.165, 1.54) is 23.2 Å². The van der Waals surface area contributed by atoms with E-state index < -0.39 is 0 Å². The summed E-state index contributed by atoms with van der Waals surface area (Å²) in [5.74, 6) is -0.0304. The largest absolute Gasteiger partial charge is 0.459 e. The molecule has 2 aromatic heterocycles. The first-order chi connectivity index (χ1) is 16.7. The molecule has 0 fully saturated rings. The van der Waals surface area contributed by atoms with Crippen molar-refractivity contribution in [2.75, 3.05) is 5.32 Å². The molecule has 0 unspecified atom stereocenters. The summed E-state index contributed by atoms with van der Waals surface area (Å²) in [5, 5.41) is 3.78. The van der Waals surface area contributed by atoms with Gasteiger partial charge < -0.3 is 14.3 Å². The Balaban J connectivity index is 1.71. The highest BCUT2D eigenvalue weighted by Gasteiger charge is 2.20. The van der Waals surface area contributed by atoms with E-state index in [0.717, 1.165) is 32.3 Å². The maximum Gasteiger partial charge on any atom is 0.292 e. The molecule has 0 spiro atoms. The lowest BCUT2D eigenvalue weighted by atomic mass is 10.1. The molecule has 34 heavy (non-hydrogen) atoms. The van der Waals surface area contributed by atoms with Gasteiger partial charge in [0.25, 0.3) is 5.91 Å². The van der Waals surface area contributed by atoms with Crippen molar-refractivity contribution in [3.8, 4) is 11.3 Å². The predicted molar refractivity (Wildman–Crippen MR) is 136 cm³/mol. The quantitative estimate of drug-likeness (QED) is 0.305. The summed E-state index contributed by atoms with van der Waals surface area (Å²) in [6.45, 7) is 2.67. The van der Waals surface area contributed by atoms with Crippen LogP contribution in [0.5, 0.6) is 0 Å². The van der Waals surface area contributed by atoms with Crippen LogP contribution >= 0.6 is 11.3 Å². The maximum absolute atomic E-state index is 12.9. The first-order valence-electron chi connectivity index (χ1n) is 11.0. The van der Waals surface area contributed by atoms with Crippen molar-refractivity contribution in [2.24, 2.45) is 4.99 Å². The van der Waals surface area contributed by atoms with Crippen molar-refractivity contribution in [1.82, 2.24) is 4.57 Å². The van der Waals surface area contributed by atoms with Gasteiger partial charge in [-0.2, -0.15) is 0 Å². The topological polar surface area (TPSA) is 59.5 Å². The zero-order valence-corrected chi connectivity index (χ0v) is 19.5. The lowest BCUT2D eigenvalue weighted by molar-refractivity contribution is 0.0997. The number of carbonyl (C=O) groups excluding carboxylic acids is 1. The Hall–Kier alpha value is -4.16. The molecular weight excluding hydrogens is 442 g/mol. The van der Waals surface area contributed by atoms with Crippen LogP contribution in [0, 0.1) is 6.92 Å². The summed E-state index contributed by atoms with van der Waals surface area (Å²) in [6.07, 6.45) is 1.50. The van der Waals surface area contributed by atoms with Crippen molar-refractivity contribution < 1.29 is 9.21 Å². The van der Waals surface area contributed by atoms with Crippen LogP contribution in [0.2, 0.25) is 0 Å². The number of aromatic nitrogens is 1. The highest BCUT2D eigenvalue weighted by Crippen LogP contribution is 2.32. The van der Waals surface area contributed by atoms with Crippen molar-refractivity contribution in [1.29, 1.82) is 0 Å². The third-order valence-electron chi connectivity index (χ3n) is 5.37. The molecule has 2 heterocycles. The van der Waals surface area contributed by atoms with Crippen LogP contribution in [-0.4, -0.2) is 10.5 Å². The summed E-state index contributed by atoms with van der Waals surface area (Å²) in [5.41, 5.74) is 5.08. The second-order valence-electron chi connectivity index (χ2n) is 7.88. The number of hydrogen-bond donors (Lipinski definition) is 1. The Labute approximate surface area is 201 Å². The van der Waals surface area contributed by atoms with Gasteiger partial charge in [0.1, 0.15) is 5.00 Å². The summed E-state index contributed by atoms with van der Waals surface area (Å²) < 4.78 is 7.48. The Morgan fingerprint density at radius 3 is 2.29 bits per heavy atom. The van der Waals surface area contributed by atoms with E-state index in [1.54, 1.807) is 12.1 Å². The van der Waals surface area contributed by atoms with Gasteiger partial charge in [0, 0.05) is 5.56 Å². The van der Waals surface area contributed by atoms with Crippen molar-refractivity contribution in [2.45, 2.75) is 13.5 Å². The number of amides is 1. The number of rotatable bonds is 6. The van der Waals surface area contributed by atoms with E-state index in [9.17, 15) is 4.79 Å². The molecule has 0 aliphatic carbocycles. The van der Waals surface area contributed by atoms with Gasteiger partial charge >= 0.3 is 0 Å². The average Bonchev–Trinajstić information content (AvgIpc) is 3.51. The van der Waals surface area contributed by atoms with E-state index in [-0.39, 0.29) is 11.7 Å². The van der Waals surface area contributed by atoms with Crippen LogP contribution in [0.15, 0.2) is 113 Å². The summed E-state index contributed by atoms with van der Waals surface area (Å²) >= 11 is 1.45. The number of anilines is 1. The van der Waals surface area contributed by atoms with Gasteiger partial charge in [-0.05, 0) is 36.8 Å². The van der Waals surface area contributed by atoms with Crippen molar-refractivity contribution in [3.63, 3.8) is 0 Å². The van der Waals surface area contributed by atoms with Crippen LogP contribution in [0.25, 0.3) is 11.3 Å². The van der Waals surface area contributed by atoms with Gasteiger partial charge in [-0.15, -0.1) is 0 Å². The van der Waals surface area contributed by atoms with E-state index in [4.69, 9.17) is 9.41 Å². The summed E-state index contributed by atoms with van der Waals surface area (Å²) in [7, 11) is 0. The monoisotopic (exact) mass is 465 g/mol. The first-order valence-corrected chi connectivity index (χ1v) is 11.8. The highest BCUT2D eigenvalue weighted by molar-refractivity contribution is 7.14. The fraction of sp³-hybridized carbons (Fsp3) is 0.0714. The van der Waals surface area contributed by atoms with E-state index in [1.807, 2.05) is 48.5 Å². The van der Waals surface area contributed by atoms with Crippen LogP contribution in [-0.2, 0) is 6.54 Å². The molecule has 3 aromatic carbocycles. The van der Waals surface area contributed by atoms with E-state index >= 15 is 0 Å². The van der Waals surface area contributed by atoms with Gasteiger partial charge in [-0.25, -0.2) is 4.99 Å². The van der Waals surface area contributed by atoms with Crippen LogP contribution in [0.3, 0.4) is 0 Å². The number of nitrogens with one attached hydrogen (secondary N) is 1. The van der Waals surface area contributed by atoms with Gasteiger partial charge in [-0.1, -0.05) is 89.7 Å². The minimum atomic E-state index is -0.294. The number of thiazole rings is 1. The average molecular weight is 466 g/mol. The molecular formula is C28H23N3O2S. The predicted octanol–water partition coefficient (Wildman–Crippen LogP) is 6.65. The number of furan rings is 1. The number of benzene rings is 3. The third-order valence-corrected chi connectivity index (χ3v) is 6.36. The van der Waals surface area contributed by atoms with E-state index in [2.05, 4.69) is 53.2 Å². The lowest BCUT2D eigenvalue weighted by Gasteiger charge is -2.12. The van der Waals surface area contributed by atoms with Crippen LogP contribution < -0.4 is 10.1 Å². The number of hydrogen-bond acceptors (Lipinski definition) is 4. The minimum Gasteiger partial charge on any atom is -0.459 e. The molecule has 6 heteroatoms. The number of nitrogens with zero attached hydrogens (tertiary/aromatic N) is 2. The molecule has 0 saturated heterocycles. The number of aryl methyl sites for hydroxylation is 1. The number of para-hydroxylation sites is 1. The minimum absolute atomic E-state index is 0.263. The van der Waals surface area contributed by atoms with Gasteiger partial charge in [0.15, 0.2) is 10.6 Å². The Kier molecular flexibility index (Phi) is 6.23. The molecule has 0 aliphatic rings. The third kappa shape index (κ3) is 4.77. The maximum atomic E-state index is 12.9. The van der Waals surface area contributed by atoms with Crippen LogP contribution in [0.4, 0.5) is 10.7 Å². The summed E-state index contributed by atoms with van der Waals surface area (Å²) in [6, 6.07) is 31.8. The number of carbonyl (C=O) groups is 1.